The van der Waals surface area contributed by atoms with E-state index in [2.05, 4.69) is 10.6 Å². The third-order valence-corrected chi connectivity index (χ3v) is 5.77. The van der Waals surface area contributed by atoms with E-state index in [1.54, 1.807) is 6.08 Å². The monoisotopic (exact) mass is 559 g/mol. The highest BCUT2D eigenvalue weighted by atomic mass is 19.4. The second-order valence-corrected chi connectivity index (χ2v) is 9.02. The minimum Gasteiger partial charge on any atom is -0.491 e. The van der Waals surface area contributed by atoms with Gasteiger partial charge in [0.05, 0.1) is 17.8 Å². The third-order valence-electron chi connectivity index (χ3n) is 5.77. The molecule has 216 valence electrons. The Hall–Kier alpha value is -3.38. The zero-order valence-electron chi connectivity index (χ0n) is 21.3. The van der Waals surface area contributed by atoms with Crippen molar-refractivity contribution < 1.29 is 52.7 Å². The minimum absolute atomic E-state index is 0.0593. The van der Waals surface area contributed by atoms with Gasteiger partial charge in [-0.25, -0.2) is 0 Å². The van der Waals surface area contributed by atoms with Crippen LogP contribution in [-0.4, -0.2) is 64.0 Å². The lowest BCUT2D eigenvalue weighted by Gasteiger charge is -2.13. The largest absolute Gasteiger partial charge is 0.491 e. The van der Waals surface area contributed by atoms with Gasteiger partial charge in [-0.05, 0) is 50.5 Å². The predicted molar refractivity (Wildman–Crippen MR) is 131 cm³/mol. The fourth-order valence-corrected chi connectivity index (χ4v) is 3.83. The van der Waals surface area contributed by atoms with Gasteiger partial charge in [-0.15, -0.1) is 15.8 Å². The molecule has 1 unspecified atom stereocenters. The number of carbonyl (C=O) groups excluding carboxylic acids is 1. The maximum Gasteiger partial charge on any atom is 0.416 e. The summed E-state index contributed by atoms with van der Waals surface area (Å²) in [5, 5.41) is 40.0. The molecule has 1 aromatic rings. The number of esters is 1. The van der Waals surface area contributed by atoms with Crippen molar-refractivity contribution in [3.8, 4) is 5.75 Å². The minimum atomic E-state index is -4.52. The van der Waals surface area contributed by atoms with Gasteiger partial charge in [-0.3, -0.25) is 4.79 Å². The number of ether oxygens (including phenoxy) is 2. The van der Waals surface area contributed by atoms with Crippen LogP contribution in [0.5, 0.6) is 5.75 Å². The lowest BCUT2D eigenvalue weighted by atomic mass is 9.96. The van der Waals surface area contributed by atoms with Crippen LogP contribution in [0.15, 0.2) is 53.8 Å². The van der Waals surface area contributed by atoms with Crippen molar-refractivity contribution in [1.29, 1.82) is 0 Å². The predicted octanol–water partition coefficient (Wildman–Crippen LogP) is 3.52. The SMILES string of the molecule is CC(COC(=O)CCC/C=C\C[C@@H]1C(=C=C[C@@H](O)COc2cccc(C(F)(F)F)c2)[C@H](O)C[C@@H]1O)O[N+](=O)[O-]. The number of aliphatic hydroxyl groups is 3. The Balaban J connectivity index is 1.82. The lowest BCUT2D eigenvalue weighted by Crippen LogP contribution is -2.21. The highest BCUT2D eigenvalue weighted by Crippen LogP contribution is 2.34. The molecular weight excluding hydrogens is 527 g/mol. The number of carbonyl (C=O) groups is 1. The van der Waals surface area contributed by atoms with E-state index in [0.717, 1.165) is 12.1 Å². The van der Waals surface area contributed by atoms with Gasteiger partial charge in [-0.2, -0.15) is 13.2 Å². The Morgan fingerprint density at radius 2 is 2.03 bits per heavy atom. The first-order chi connectivity index (χ1) is 18.4. The number of unbranched alkanes of at least 4 members (excludes halogenated alkanes) is 1. The average molecular weight is 560 g/mol. The second-order valence-electron chi connectivity index (χ2n) is 9.02. The third kappa shape index (κ3) is 11.5. The van der Waals surface area contributed by atoms with Crippen molar-refractivity contribution in [3.05, 3.63) is 69.5 Å². The van der Waals surface area contributed by atoms with Crippen LogP contribution in [0, 0.1) is 16.0 Å². The average Bonchev–Trinajstić information content (AvgIpc) is 3.13. The van der Waals surface area contributed by atoms with Crippen LogP contribution in [0.4, 0.5) is 13.2 Å². The smallest absolute Gasteiger partial charge is 0.416 e. The van der Waals surface area contributed by atoms with Gasteiger partial charge in [0.15, 0.2) is 0 Å². The van der Waals surface area contributed by atoms with Crippen LogP contribution in [0.1, 0.15) is 44.6 Å². The number of nitrogens with zero attached hydrogens (tertiary/aromatic N) is 1. The number of rotatable bonds is 14. The van der Waals surface area contributed by atoms with Crippen molar-refractivity contribution >= 4 is 5.97 Å². The molecule has 0 saturated heterocycles. The zero-order chi connectivity index (χ0) is 29.0. The highest BCUT2D eigenvalue weighted by molar-refractivity contribution is 5.69. The summed E-state index contributed by atoms with van der Waals surface area (Å²) in [6.45, 7) is 0.835. The maximum absolute atomic E-state index is 12.8. The molecule has 0 spiro atoms. The molecule has 1 aliphatic rings. The molecule has 1 aromatic carbocycles. The summed E-state index contributed by atoms with van der Waals surface area (Å²) in [5.74, 6) is -1.03. The summed E-state index contributed by atoms with van der Waals surface area (Å²) < 4.78 is 48.6. The van der Waals surface area contributed by atoms with E-state index in [9.17, 15) is 43.4 Å². The van der Waals surface area contributed by atoms with Gasteiger partial charge in [0.25, 0.3) is 5.09 Å². The van der Waals surface area contributed by atoms with Crippen molar-refractivity contribution in [1.82, 2.24) is 0 Å². The van der Waals surface area contributed by atoms with Gasteiger partial charge in [0, 0.05) is 24.3 Å². The van der Waals surface area contributed by atoms with E-state index in [4.69, 9.17) is 9.47 Å². The summed E-state index contributed by atoms with van der Waals surface area (Å²) in [4.78, 5) is 26.1. The summed E-state index contributed by atoms with van der Waals surface area (Å²) in [7, 11) is 0. The van der Waals surface area contributed by atoms with Crippen molar-refractivity contribution in [2.75, 3.05) is 13.2 Å². The van der Waals surface area contributed by atoms with E-state index in [1.165, 1.54) is 25.1 Å². The fourth-order valence-electron chi connectivity index (χ4n) is 3.83. The molecule has 2 rings (SSSR count). The molecular formula is C26H32F3NO9. The topological polar surface area (TPSA) is 149 Å². The van der Waals surface area contributed by atoms with Gasteiger partial charge in [0.1, 0.15) is 31.2 Å². The molecule has 1 aliphatic carbocycles. The molecule has 1 fully saturated rings. The quantitative estimate of drug-likeness (QED) is 0.0777. The highest BCUT2D eigenvalue weighted by Gasteiger charge is 2.36. The van der Waals surface area contributed by atoms with Crippen molar-refractivity contribution in [2.45, 2.75) is 69.6 Å². The number of benzene rings is 1. The molecule has 0 heterocycles. The molecule has 5 atom stereocenters. The van der Waals surface area contributed by atoms with Gasteiger partial charge >= 0.3 is 12.1 Å². The molecule has 0 bridgehead atoms. The van der Waals surface area contributed by atoms with E-state index in [0.29, 0.717) is 24.8 Å². The molecule has 0 aliphatic heterocycles. The molecule has 0 amide bonds. The van der Waals surface area contributed by atoms with Crippen molar-refractivity contribution in [3.63, 3.8) is 0 Å². The van der Waals surface area contributed by atoms with Crippen LogP contribution in [0.3, 0.4) is 0 Å². The number of allylic oxidation sites excluding steroid dienone is 2. The lowest BCUT2D eigenvalue weighted by molar-refractivity contribution is -0.767. The number of aliphatic hydroxyl groups excluding tert-OH is 3. The zero-order valence-corrected chi connectivity index (χ0v) is 21.3. The van der Waals surface area contributed by atoms with E-state index >= 15 is 0 Å². The van der Waals surface area contributed by atoms with Crippen LogP contribution in [0.25, 0.3) is 0 Å². The molecule has 3 N–H and O–H groups in total. The Morgan fingerprint density at radius 1 is 1.28 bits per heavy atom. The van der Waals surface area contributed by atoms with Gasteiger partial charge in [-0.1, -0.05) is 18.2 Å². The summed E-state index contributed by atoms with van der Waals surface area (Å²) >= 11 is 0. The maximum atomic E-state index is 12.8. The summed E-state index contributed by atoms with van der Waals surface area (Å²) in [5.41, 5.74) is 2.32. The molecule has 10 nitrogen and oxygen atoms in total. The second kappa shape index (κ2) is 15.3. The molecule has 39 heavy (non-hydrogen) atoms. The van der Waals surface area contributed by atoms with Gasteiger partial charge in [0.2, 0.25) is 0 Å². The van der Waals surface area contributed by atoms with Crippen LogP contribution < -0.4 is 4.74 Å². The van der Waals surface area contributed by atoms with Crippen LogP contribution in [0.2, 0.25) is 0 Å². The number of halogens is 3. The van der Waals surface area contributed by atoms with E-state index in [1.807, 2.05) is 6.08 Å². The summed E-state index contributed by atoms with van der Waals surface area (Å²) in [6, 6.07) is 4.26. The molecule has 1 saturated carbocycles. The molecule has 13 heteroatoms. The first kappa shape index (κ1) is 31.8. The number of hydrogen-bond acceptors (Lipinski definition) is 9. The van der Waals surface area contributed by atoms with E-state index < -0.39 is 53.1 Å². The first-order valence-electron chi connectivity index (χ1n) is 12.3. The number of alkyl halides is 3. The Kier molecular flexibility index (Phi) is 12.5. The fraction of sp³-hybridized carbons (Fsp3) is 0.538. The van der Waals surface area contributed by atoms with Gasteiger partial charge < -0.3 is 29.6 Å². The normalized spacial score (nSPS) is 20.8. The Labute approximate surface area is 223 Å². The molecule has 0 radical (unpaired) electrons. The first-order valence-corrected chi connectivity index (χ1v) is 12.3. The standard InChI is InChI=1S/C26H32F3NO9/c1-17(39-30(35)36)15-38-25(34)10-5-3-2-4-9-21-22(24(33)14-23(21)32)12-11-19(31)16-37-20-8-6-7-18(13-20)26(27,28)29/h2,4,6-8,11,13,17,19,21,23-24,31-33H,3,5,9-10,14-16H2,1H3/b4-2-/t12?,17?,19-,21-,23+,24-/m1/s1. The van der Waals surface area contributed by atoms with E-state index in [-0.39, 0.29) is 31.8 Å². The van der Waals surface area contributed by atoms with Crippen molar-refractivity contribution in [2.24, 2.45) is 5.92 Å². The van der Waals surface area contributed by atoms with Crippen LogP contribution in [-0.2, 0) is 20.5 Å². The summed E-state index contributed by atoms with van der Waals surface area (Å²) in [6.07, 6.45) is -2.02. The Bertz CT molecular complexity index is 1050. The molecule has 0 aromatic heterocycles. The van der Waals surface area contributed by atoms with Crippen LogP contribution >= 0.6 is 0 Å². The Morgan fingerprint density at radius 3 is 2.72 bits per heavy atom. The number of hydrogen-bond donors (Lipinski definition) is 3.